The molecule has 0 aliphatic carbocycles. The predicted molar refractivity (Wildman–Crippen MR) is 103 cm³/mol. The first kappa shape index (κ1) is 18.6. The standard InChI is InChI=1S/C19H17ClN4O3/c1-12(18(25)22-15-5-3-4-14(20)10-15)24-19(26)23-17(11-21-24)13-6-8-16(27-2)9-7-13/h3-12H,1-2H3,(H,22,25)/t12-/m1/s1. The minimum Gasteiger partial charge on any atom is -0.497 e. The molecule has 0 radical (unpaired) electrons. The summed E-state index contributed by atoms with van der Waals surface area (Å²) < 4.78 is 6.14. The largest absolute Gasteiger partial charge is 0.497 e. The molecule has 27 heavy (non-hydrogen) atoms. The minimum atomic E-state index is -0.839. The molecule has 138 valence electrons. The van der Waals surface area contributed by atoms with E-state index < -0.39 is 17.6 Å². The Morgan fingerprint density at radius 1 is 1.22 bits per heavy atom. The summed E-state index contributed by atoms with van der Waals surface area (Å²) in [6, 6.07) is 13.0. The molecule has 1 atom stereocenters. The van der Waals surface area contributed by atoms with Crippen LogP contribution in [-0.4, -0.2) is 27.8 Å². The highest BCUT2D eigenvalue weighted by Gasteiger charge is 2.18. The molecule has 0 aliphatic rings. The summed E-state index contributed by atoms with van der Waals surface area (Å²) >= 11 is 5.91. The molecule has 1 N–H and O–H groups in total. The molecule has 2 aromatic carbocycles. The number of benzene rings is 2. The molecule has 0 saturated carbocycles. The molecular formula is C19H17ClN4O3. The zero-order valence-electron chi connectivity index (χ0n) is 14.7. The van der Waals surface area contributed by atoms with Crippen molar-refractivity contribution in [1.29, 1.82) is 0 Å². The van der Waals surface area contributed by atoms with Gasteiger partial charge in [0.25, 0.3) is 0 Å². The Hall–Kier alpha value is -3.19. The van der Waals surface area contributed by atoms with Gasteiger partial charge in [-0.2, -0.15) is 10.1 Å². The Bertz CT molecular complexity index is 1020. The topological polar surface area (TPSA) is 86.1 Å². The van der Waals surface area contributed by atoms with Crippen LogP contribution in [0.25, 0.3) is 11.3 Å². The van der Waals surface area contributed by atoms with E-state index in [9.17, 15) is 9.59 Å². The third-order valence-corrected chi connectivity index (χ3v) is 4.18. The number of ether oxygens (including phenoxy) is 1. The summed E-state index contributed by atoms with van der Waals surface area (Å²) in [5.74, 6) is 0.303. The lowest BCUT2D eigenvalue weighted by molar-refractivity contribution is -0.119. The second kappa shape index (κ2) is 8.01. The number of aromatic nitrogens is 3. The maximum atomic E-state index is 12.4. The van der Waals surface area contributed by atoms with Crippen molar-refractivity contribution in [3.8, 4) is 17.0 Å². The molecule has 1 heterocycles. The molecule has 1 aromatic heterocycles. The zero-order chi connectivity index (χ0) is 19.4. The van der Waals surface area contributed by atoms with Crippen molar-refractivity contribution in [1.82, 2.24) is 14.8 Å². The molecule has 7 nitrogen and oxygen atoms in total. The molecule has 0 fully saturated rings. The fourth-order valence-corrected chi connectivity index (χ4v) is 2.63. The summed E-state index contributed by atoms with van der Waals surface area (Å²) in [6.45, 7) is 1.57. The smallest absolute Gasteiger partial charge is 0.365 e. The summed E-state index contributed by atoms with van der Waals surface area (Å²) in [5, 5.41) is 7.30. The average molecular weight is 385 g/mol. The Kier molecular flexibility index (Phi) is 5.52. The van der Waals surface area contributed by atoms with Crippen LogP contribution in [0.1, 0.15) is 13.0 Å². The van der Waals surface area contributed by atoms with Crippen LogP contribution < -0.4 is 15.7 Å². The molecule has 3 rings (SSSR count). The summed E-state index contributed by atoms with van der Waals surface area (Å²) in [4.78, 5) is 28.8. The van der Waals surface area contributed by atoms with Crippen molar-refractivity contribution >= 4 is 23.2 Å². The zero-order valence-corrected chi connectivity index (χ0v) is 15.5. The third-order valence-electron chi connectivity index (χ3n) is 3.94. The van der Waals surface area contributed by atoms with E-state index in [1.165, 1.54) is 6.20 Å². The van der Waals surface area contributed by atoms with E-state index in [0.717, 1.165) is 10.2 Å². The second-order valence-corrected chi connectivity index (χ2v) is 6.21. The molecule has 0 bridgehead atoms. The van der Waals surface area contributed by atoms with Crippen molar-refractivity contribution in [3.63, 3.8) is 0 Å². The van der Waals surface area contributed by atoms with Crippen LogP contribution in [0.4, 0.5) is 5.69 Å². The number of amides is 1. The van der Waals surface area contributed by atoms with E-state index in [4.69, 9.17) is 16.3 Å². The Morgan fingerprint density at radius 3 is 2.59 bits per heavy atom. The number of rotatable bonds is 5. The highest BCUT2D eigenvalue weighted by molar-refractivity contribution is 6.30. The van der Waals surface area contributed by atoms with Crippen molar-refractivity contribution < 1.29 is 9.53 Å². The number of methoxy groups -OCH3 is 1. The van der Waals surface area contributed by atoms with Gasteiger partial charge in [0.2, 0.25) is 5.91 Å². The maximum Gasteiger partial charge on any atom is 0.365 e. The van der Waals surface area contributed by atoms with E-state index in [-0.39, 0.29) is 0 Å². The lowest BCUT2D eigenvalue weighted by Gasteiger charge is -2.14. The second-order valence-electron chi connectivity index (χ2n) is 5.77. The fourth-order valence-electron chi connectivity index (χ4n) is 2.44. The lowest BCUT2D eigenvalue weighted by Crippen LogP contribution is -2.34. The van der Waals surface area contributed by atoms with Gasteiger partial charge in [0, 0.05) is 16.3 Å². The van der Waals surface area contributed by atoms with E-state index in [0.29, 0.717) is 22.2 Å². The van der Waals surface area contributed by atoms with Crippen LogP contribution in [0.3, 0.4) is 0 Å². The molecule has 8 heteroatoms. The van der Waals surface area contributed by atoms with E-state index in [2.05, 4.69) is 15.4 Å². The molecular weight excluding hydrogens is 368 g/mol. The van der Waals surface area contributed by atoms with Crippen molar-refractivity contribution in [2.45, 2.75) is 13.0 Å². The highest BCUT2D eigenvalue weighted by Crippen LogP contribution is 2.19. The molecule has 1 amide bonds. The fraction of sp³-hybridized carbons (Fsp3) is 0.158. The first-order valence-electron chi connectivity index (χ1n) is 8.14. The Morgan fingerprint density at radius 2 is 1.96 bits per heavy atom. The van der Waals surface area contributed by atoms with Crippen LogP contribution in [0.2, 0.25) is 5.02 Å². The third kappa shape index (κ3) is 4.32. The summed E-state index contributed by atoms with van der Waals surface area (Å²) in [6.07, 6.45) is 1.45. The molecule has 0 unspecified atom stereocenters. The minimum absolute atomic E-state index is 0.397. The predicted octanol–water partition coefficient (Wildman–Crippen LogP) is 3.17. The lowest BCUT2D eigenvalue weighted by atomic mass is 10.1. The molecule has 0 aliphatic heterocycles. The molecule has 0 saturated heterocycles. The summed E-state index contributed by atoms with van der Waals surface area (Å²) in [5.41, 5.74) is 1.07. The number of nitrogens with one attached hydrogen (secondary N) is 1. The Balaban J connectivity index is 1.79. The van der Waals surface area contributed by atoms with Crippen LogP contribution in [0.15, 0.2) is 59.5 Å². The summed E-state index contributed by atoms with van der Waals surface area (Å²) in [7, 11) is 1.58. The number of nitrogens with zero attached hydrogens (tertiary/aromatic N) is 3. The molecule has 0 spiro atoms. The van der Waals surface area contributed by atoms with E-state index >= 15 is 0 Å². The van der Waals surface area contributed by atoms with Gasteiger partial charge in [-0.25, -0.2) is 9.48 Å². The van der Waals surface area contributed by atoms with Crippen LogP contribution >= 0.6 is 11.6 Å². The monoisotopic (exact) mass is 384 g/mol. The van der Waals surface area contributed by atoms with Crippen LogP contribution in [0, 0.1) is 0 Å². The average Bonchev–Trinajstić information content (AvgIpc) is 2.67. The van der Waals surface area contributed by atoms with Gasteiger partial charge in [-0.1, -0.05) is 17.7 Å². The highest BCUT2D eigenvalue weighted by atomic mass is 35.5. The van der Waals surface area contributed by atoms with Gasteiger partial charge in [-0.3, -0.25) is 4.79 Å². The SMILES string of the molecule is COc1ccc(-c2cnn([C@H](C)C(=O)Nc3cccc(Cl)c3)c(=O)n2)cc1. The maximum absolute atomic E-state index is 12.4. The van der Waals surface area contributed by atoms with Gasteiger partial charge >= 0.3 is 5.69 Å². The first-order chi connectivity index (χ1) is 13.0. The number of carbonyl (C=O) groups is 1. The Labute approximate surface area is 160 Å². The number of hydrogen-bond acceptors (Lipinski definition) is 5. The van der Waals surface area contributed by atoms with E-state index in [1.807, 2.05) is 0 Å². The quantitative estimate of drug-likeness (QED) is 0.730. The van der Waals surface area contributed by atoms with Gasteiger partial charge in [0.05, 0.1) is 19.0 Å². The van der Waals surface area contributed by atoms with Gasteiger partial charge in [-0.05, 0) is 49.4 Å². The normalized spacial score (nSPS) is 11.7. The van der Waals surface area contributed by atoms with Crippen molar-refractivity contribution in [2.24, 2.45) is 0 Å². The van der Waals surface area contributed by atoms with Crippen LogP contribution in [-0.2, 0) is 4.79 Å². The van der Waals surface area contributed by atoms with Crippen molar-refractivity contribution in [3.05, 3.63) is 70.2 Å². The van der Waals surface area contributed by atoms with Gasteiger partial charge in [0.1, 0.15) is 11.8 Å². The van der Waals surface area contributed by atoms with Crippen molar-refractivity contribution in [2.75, 3.05) is 12.4 Å². The van der Waals surface area contributed by atoms with Crippen LogP contribution in [0.5, 0.6) is 5.75 Å². The first-order valence-corrected chi connectivity index (χ1v) is 8.52. The number of hydrogen-bond donors (Lipinski definition) is 1. The van der Waals surface area contributed by atoms with Gasteiger partial charge < -0.3 is 10.1 Å². The molecule has 3 aromatic rings. The number of anilines is 1. The number of halogens is 1. The number of carbonyl (C=O) groups excluding carboxylic acids is 1. The van der Waals surface area contributed by atoms with E-state index in [1.54, 1.807) is 62.6 Å². The van der Waals surface area contributed by atoms with Gasteiger partial charge in [0.15, 0.2) is 0 Å². The van der Waals surface area contributed by atoms with Gasteiger partial charge in [-0.15, -0.1) is 0 Å².